The number of carbonyl (C=O) groups is 3. The van der Waals surface area contributed by atoms with Crippen LogP contribution in [0.25, 0.3) is 0 Å². The van der Waals surface area contributed by atoms with Gasteiger partial charge < -0.3 is 20.2 Å². The maximum atomic E-state index is 12.3. The molecule has 1 heterocycles. The third-order valence-electron chi connectivity index (χ3n) is 2.83. The lowest BCUT2D eigenvalue weighted by molar-refractivity contribution is -0.148. The van der Waals surface area contributed by atoms with Gasteiger partial charge in [-0.1, -0.05) is 0 Å². The number of hydrogen-bond donors (Lipinski definition) is 2. The Morgan fingerprint density at radius 1 is 1.19 bits per heavy atom. The zero-order valence-corrected chi connectivity index (χ0v) is 11.2. The first-order chi connectivity index (χ1) is 9.69. The largest absolute Gasteiger partial charge is 0.480 e. The van der Waals surface area contributed by atoms with E-state index in [-0.39, 0.29) is 4.90 Å². The fourth-order valence-electron chi connectivity index (χ4n) is 1.92. The van der Waals surface area contributed by atoms with E-state index in [9.17, 15) is 27.6 Å². The van der Waals surface area contributed by atoms with Crippen LogP contribution in [-0.4, -0.2) is 71.7 Å². The van der Waals surface area contributed by atoms with Gasteiger partial charge in [0, 0.05) is 13.1 Å². The summed E-state index contributed by atoms with van der Waals surface area (Å²) in [5.74, 6) is -1.97. The molecular formula is C11H16F3N3O4. The molecule has 7 nitrogen and oxygen atoms in total. The predicted octanol–water partition coefficient (Wildman–Crippen LogP) is 0.267. The molecular weight excluding hydrogens is 295 g/mol. The molecule has 0 aliphatic carbocycles. The lowest BCUT2D eigenvalue weighted by Gasteiger charge is -2.23. The number of rotatable bonds is 5. The Labute approximate surface area is 118 Å². The number of likely N-dealkylation sites (tertiary alicyclic amines) is 1. The second-order valence-electron chi connectivity index (χ2n) is 4.61. The summed E-state index contributed by atoms with van der Waals surface area (Å²) in [7, 11) is 0. The molecule has 0 radical (unpaired) electrons. The van der Waals surface area contributed by atoms with Gasteiger partial charge in [-0.3, -0.25) is 9.59 Å². The van der Waals surface area contributed by atoms with Crippen LogP contribution in [0, 0.1) is 0 Å². The summed E-state index contributed by atoms with van der Waals surface area (Å²) in [6.45, 7) is -2.13. The quantitative estimate of drug-likeness (QED) is 0.762. The van der Waals surface area contributed by atoms with Gasteiger partial charge in [-0.15, -0.1) is 0 Å². The average molecular weight is 311 g/mol. The van der Waals surface area contributed by atoms with E-state index in [1.54, 1.807) is 0 Å². The fourth-order valence-corrected chi connectivity index (χ4v) is 1.92. The summed E-state index contributed by atoms with van der Waals surface area (Å²) < 4.78 is 36.8. The van der Waals surface area contributed by atoms with Crippen LogP contribution in [0.2, 0.25) is 0 Å². The number of hydrogen-bond acceptors (Lipinski definition) is 3. The highest BCUT2D eigenvalue weighted by atomic mass is 19.4. The van der Waals surface area contributed by atoms with Gasteiger partial charge >= 0.3 is 18.2 Å². The molecule has 1 rings (SSSR count). The third-order valence-corrected chi connectivity index (χ3v) is 2.83. The minimum Gasteiger partial charge on any atom is -0.480 e. The summed E-state index contributed by atoms with van der Waals surface area (Å²) in [4.78, 5) is 35.3. The van der Waals surface area contributed by atoms with Crippen molar-refractivity contribution in [3.63, 3.8) is 0 Å². The highest BCUT2D eigenvalue weighted by molar-refractivity contribution is 5.85. The third kappa shape index (κ3) is 6.32. The molecule has 3 amide bonds. The number of alkyl halides is 3. The topological polar surface area (TPSA) is 90.0 Å². The first-order valence-corrected chi connectivity index (χ1v) is 6.28. The molecule has 0 bridgehead atoms. The minimum absolute atomic E-state index is 0.0968. The molecule has 0 spiro atoms. The number of carboxylic acid groups (broad SMARTS) is 1. The molecule has 2 N–H and O–H groups in total. The Hall–Kier alpha value is -2.00. The van der Waals surface area contributed by atoms with Gasteiger partial charge in [0.2, 0.25) is 5.91 Å². The lowest BCUT2D eigenvalue weighted by Crippen LogP contribution is -2.49. The van der Waals surface area contributed by atoms with E-state index < -0.39 is 43.7 Å². The van der Waals surface area contributed by atoms with Crippen LogP contribution in [-0.2, 0) is 9.59 Å². The zero-order chi connectivity index (χ0) is 16.0. The number of aliphatic carboxylic acids is 1. The highest BCUT2D eigenvalue weighted by Gasteiger charge is 2.34. The van der Waals surface area contributed by atoms with Crippen LogP contribution >= 0.6 is 0 Å². The molecule has 10 heteroatoms. The fraction of sp³-hybridized carbons (Fsp3) is 0.727. The summed E-state index contributed by atoms with van der Waals surface area (Å²) in [5, 5.41) is 10.5. The maximum Gasteiger partial charge on any atom is 0.406 e. The van der Waals surface area contributed by atoms with Crippen LogP contribution in [0.3, 0.4) is 0 Å². The second-order valence-corrected chi connectivity index (χ2v) is 4.61. The van der Waals surface area contributed by atoms with Crippen molar-refractivity contribution in [2.75, 3.05) is 32.7 Å². The second kappa shape index (κ2) is 7.14. The zero-order valence-electron chi connectivity index (χ0n) is 11.2. The maximum absolute atomic E-state index is 12.3. The molecule has 1 saturated heterocycles. The highest BCUT2D eigenvalue weighted by Crippen LogP contribution is 2.16. The molecule has 0 atom stereocenters. The molecule has 21 heavy (non-hydrogen) atoms. The van der Waals surface area contributed by atoms with Gasteiger partial charge in [0.15, 0.2) is 0 Å². The smallest absolute Gasteiger partial charge is 0.406 e. The van der Waals surface area contributed by atoms with Crippen molar-refractivity contribution in [2.45, 2.75) is 19.0 Å². The van der Waals surface area contributed by atoms with Crippen molar-refractivity contribution in [1.29, 1.82) is 0 Å². The number of nitrogens with zero attached hydrogens (tertiary/aromatic N) is 2. The molecule has 1 fully saturated rings. The van der Waals surface area contributed by atoms with Gasteiger partial charge in [0.05, 0.1) is 6.54 Å². The number of urea groups is 1. The average Bonchev–Trinajstić information content (AvgIpc) is 2.86. The first kappa shape index (κ1) is 17.1. The van der Waals surface area contributed by atoms with E-state index in [1.807, 2.05) is 5.32 Å². The SMILES string of the molecule is O=C(O)CN(CC(F)(F)F)C(=O)NCC(=O)N1CCCC1. The summed E-state index contributed by atoms with van der Waals surface area (Å²) >= 11 is 0. The molecule has 0 aromatic rings. The van der Waals surface area contributed by atoms with Crippen molar-refractivity contribution < 1.29 is 32.7 Å². The van der Waals surface area contributed by atoms with Gasteiger partial charge in [0.1, 0.15) is 13.1 Å². The Morgan fingerprint density at radius 3 is 2.24 bits per heavy atom. The normalized spacial score (nSPS) is 14.9. The standard InChI is InChI=1S/C11H16F3N3O4/c12-11(13,14)7-17(6-9(19)20)10(21)15-5-8(18)16-3-1-2-4-16/h1-7H2,(H,15,21)(H,19,20). The van der Waals surface area contributed by atoms with Crippen LogP contribution in [0.1, 0.15) is 12.8 Å². The molecule has 0 saturated carbocycles. The summed E-state index contributed by atoms with van der Waals surface area (Å²) in [6, 6.07) is -1.23. The van der Waals surface area contributed by atoms with E-state index in [4.69, 9.17) is 5.11 Å². The van der Waals surface area contributed by atoms with E-state index in [2.05, 4.69) is 0 Å². The van der Waals surface area contributed by atoms with Gasteiger partial charge in [-0.05, 0) is 12.8 Å². The van der Waals surface area contributed by atoms with Crippen molar-refractivity contribution in [3.05, 3.63) is 0 Å². The van der Waals surface area contributed by atoms with Crippen molar-refractivity contribution in [3.8, 4) is 0 Å². The monoisotopic (exact) mass is 311 g/mol. The molecule has 1 aliphatic rings. The van der Waals surface area contributed by atoms with E-state index in [1.165, 1.54) is 4.90 Å². The number of carbonyl (C=O) groups excluding carboxylic acids is 2. The number of amides is 3. The molecule has 1 aliphatic heterocycles. The van der Waals surface area contributed by atoms with Crippen molar-refractivity contribution in [2.24, 2.45) is 0 Å². The Bertz CT molecular complexity index is 408. The van der Waals surface area contributed by atoms with Gasteiger partial charge in [-0.25, -0.2) is 4.79 Å². The predicted molar refractivity (Wildman–Crippen MR) is 64.5 cm³/mol. The summed E-state index contributed by atoms with van der Waals surface area (Å²) in [6.07, 6.45) is -3.02. The Balaban J connectivity index is 2.51. The molecule has 0 aromatic heterocycles. The summed E-state index contributed by atoms with van der Waals surface area (Å²) in [5.41, 5.74) is 0. The number of nitrogens with one attached hydrogen (secondary N) is 1. The van der Waals surface area contributed by atoms with Crippen LogP contribution in [0.4, 0.5) is 18.0 Å². The van der Waals surface area contributed by atoms with Crippen LogP contribution in [0.5, 0.6) is 0 Å². The first-order valence-electron chi connectivity index (χ1n) is 6.28. The van der Waals surface area contributed by atoms with Gasteiger partial charge in [-0.2, -0.15) is 13.2 Å². The lowest BCUT2D eigenvalue weighted by atomic mass is 10.4. The van der Waals surface area contributed by atoms with E-state index in [0.29, 0.717) is 13.1 Å². The molecule has 120 valence electrons. The molecule has 0 unspecified atom stereocenters. The van der Waals surface area contributed by atoms with E-state index >= 15 is 0 Å². The van der Waals surface area contributed by atoms with Crippen LogP contribution in [0.15, 0.2) is 0 Å². The Morgan fingerprint density at radius 2 is 1.76 bits per heavy atom. The van der Waals surface area contributed by atoms with Gasteiger partial charge in [0.25, 0.3) is 0 Å². The van der Waals surface area contributed by atoms with E-state index in [0.717, 1.165) is 12.8 Å². The van der Waals surface area contributed by atoms with Crippen molar-refractivity contribution in [1.82, 2.24) is 15.1 Å². The van der Waals surface area contributed by atoms with Crippen LogP contribution < -0.4 is 5.32 Å². The number of halogens is 3. The minimum atomic E-state index is -4.72. The molecule has 0 aromatic carbocycles. The Kier molecular flexibility index (Phi) is 5.79. The number of carboxylic acids is 1. The van der Waals surface area contributed by atoms with Crippen molar-refractivity contribution >= 4 is 17.9 Å².